The molecule has 3 rings (SSSR count). The van der Waals surface area contributed by atoms with Gasteiger partial charge in [0, 0.05) is 12.1 Å². The van der Waals surface area contributed by atoms with Crippen LogP contribution in [0.15, 0.2) is 12.1 Å². The number of rotatable bonds is 1. The summed E-state index contributed by atoms with van der Waals surface area (Å²) >= 11 is 0. The lowest BCUT2D eigenvalue weighted by Gasteiger charge is -2.36. The molecule has 3 amide bonds. The minimum Gasteiger partial charge on any atom is -0.507 e. The lowest BCUT2D eigenvalue weighted by Crippen LogP contribution is -2.58. The first kappa shape index (κ1) is 14.3. The molecule has 0 spiro atoms. The maximum absolute atomic E-state index is 12.4. The van der Waals surface area contributed by atoms with E-state index in [9.17, 15) is 29.7 Å². The summed E-state index contributed by atoms with van der Waals surface area (Å²) in [6.45, 7) is 0. The van der Waals surface area contributed by atoms with Crippen LogP contribution < -0.4 is 11.1 Å². The van der Waals surface area contributed by atoms with Gasteiger partial charge in [0.25, 0.3) is 11.8 Å². The molecule has 1 aromatic carbocycles. The predicted octanol–water partition coefficient (Wildman–Crippen LogP) is -1.67. The normalized spacial score (nSPS) is 23.5. The van der Waals surface area contributed by atoms with Crippen LogP contribution in [0, 0.1) is 0 Å². The fourth-order valence-corrected chi connectivity index (χ4v) is 2.86. The summed E-state index contributed by atoms with van der Waals surface area (Å²) in [5.41, 5.74) is 4.81. The minimum atomic E-state index is -2.85. The number of benzene rings is 1. The van der Waals surface area contributed by atoms with Crippen LogP contribution in [-0.2, 0) is 15.5 Å². The van der Waals surface area contributed by atoms with E-state index in [0.717, 1.165) is 6.07 Å². The molecule has 1 aromatic rings. The van der Waals surface area contributed by atoms with Gasteiger partial charge in [-0.15, -0.1) is 0 Å². The maximum Gasteiger partial charge on any atom is 0.281 e. The number of anilines is 1. The Labute approximate surface area is 123 Å². The molecule has 0 saturated carbocycles. The third-order valence-corrected chi connectivity index (χ3v) is 3.84. The minimum absolute atomic E-state index is 0.0475. The standard InChI is InChI=1S/C13H13N3O6/c14-5-1-3-7(17)9-10(5)13(21,22)16(12(9)20)6-2-4-8(18)15-11(6)19/h1,3,6,17,21-22H,2,4,14H2,(H,15,18,19). The lowest BCUT2D eigenvalue weighted by atomic mass is 10.0. The maximum atomic E-state index is 12.4. The second-order valence-electron chi connectivity index (χ2n) is 5.20. The number of nitrogens with zero attached hydrogens (tertiary/aromatic N) is 1. The molecule has 22 heavy (non-hydrogen) atoms. The van der Waals surface area contributed by atoms with E-state index in [1.165, 1.54) is 6.07 Å². The van der Waals surface area contributed by atoms with Gasteiger partial charge in [-0.05, 0) is 18.6 Å². The van der Waals surface area contributed by atoms with E-state index >= 15 is 0 Å². The SMILES string of the molecule is Nc1ccc(O)c2c1C(O)(O)N(C1CCC(=O)NC1=O)C2=O. The number of amides is 3. The topological polar surface area (TPSA) is 153 Å². The van der Waals surface area contributed by atoms with Crippen molar-refractivity contribution in [3.8, 4) is 5.75 Å². The van der Waals surface area contributed by atoms with E-state index in [0.29, 0.717) is 4.90 Å². The first-order valence-electron chi connectivity index (χ1n) is 6.49. The van der Waals surface area contributed by atoms with Gasteiger partial charge < -0.3 is 21.1 Å². The number of nitrogens with two attached hydrogens (primary N) is 1. The lowest BCUT2D eigenvalue weighted by molar-refractivity contribution is -0.258. The predicted molar refractivity (Wildman–Crippen MR) is 71.0 cm³/mol. The number of nitrogens with one attached hydrogen (secondary N) is 1. The molecule has 1 atom stereocenters. The number of carbonyl (C=O) groups is 3. The van der Waals surface area contributed by atoms with Gasteiger partial charge in [-0.3, -0.25) is 24.6 Å². The molecule has 116 valence electrons. The second kappa shape index (κ2) is 4.42. The number of fused-ring (bicyclic) bond motifs is 1. The number of aliphatic hydroxyl groups is 2. The molecule has 2 heterocycles. The number of nitrogen functional groups attached to an aromatic ring is 1. The molecule has 0 aromatic heterocycles. The Hall–Kier alpha value is -2.65. The fraction of sp³-hybridized carbons (Fsp3) is 0.308. The molecular weight excluding hydrogens is 294 g/mol. The van der Waals surface area contributed by atoms with Crippen LogP contribution >= 0.6 is 0 Å². The first-order valence-corrected chi connectivity index (χ1v) is 6.49. The van der Waals surface area contributed by atoms with Gasteiger partial charge in [-0.2, -0.15) is 0 Å². The molecule has 6 N–H and O–H groups in total. The summed E-state index contributed by atoms with van der Waals surface area (Å²) < 4.78 is 0. The van der Waals surface area contributed by atoms with Crippen LogP contribution in [0.1, 0.15) is 28.8 Å². The summed E-state index contributed by atoms with van der Waals surface area (Å²) in [7, 11) is 0. The second-order valence-corrected chi connectivity index (χ2v) is 5.20. The van der Waals surface area contributed by atoms with Crippen molar-refractivity contribution in [3.63, 3.8) is 0 Å². The molecular formula is C13H13N3O6. The average Bonchev–Trinajstić information content (AvgIpc) is 2.63. The van der Waals surface area contributed by atoms with Crippen LogP contribution in [-0.4, -0.2) is 44.0 Å². The smallest absolute Gasteiger partial charge is 0.281 e. The molecule has 0 bridgehead atoms. The number of phenolic OH excluding ortho intramolecular Hbond substituents is 1. The van der Waals surface area contributed by atoms with Gasteiger partial charge in [0.05, 0.1) is 11.1 Å². The third kappa shape index (κ3) is 1.76. The number of phenols is 1. The van der Waals surface area contributed by atoms with Crippen LogP contribution in [0.5, 0.6) is 5.75 Å². The summed E-state index contributed by atoms with van der Waals surface area (Å²) in [6.07, 6.45) is -0.109. The molecule has 9 heteroatoms. The Morgan fingerprint density at radius 2 is 1.95 bits per heavy atom. The molecule has 1 unspecified atom stereocenters. The van der Waals surface area contributed by atoms with Crippen molar-refractivity contribution in [1.82, 2.24) is 10.2 Å². The average molecular weight is 307 g/mol. The van der Waals surface area contributed by atoms with Crippen molar-refractivity contribution in [2.75, 3.05) is 5.73 Å². The third-order valence-electron chi connectivity index (χ3n) is 3.84. The molecule has 2 aliphatic heterocycles. The highest BCUT2D eigenvalue weighted by molar-refractivity contribution is 6.08. The summed E-state index contributed by atoms with van der Waals surface area (Å²) in [5, 5.41) is 32.5. The molecule has 0 aliphatic carbocycles. The quantitative estimate of drug-likeness (QED) is 0.180. The highest BCUT2D eigenvalue weighted by atomic mass is 16.5. The zero-order valence-electron chi connectivity index (χ0n) is 11.2. The molecule has 1 fully saturated rings. The highest BCUT2D eigenvalue weighted by Crippen LogP contribution is 2.44. The van der Waals surface area contributed by atoms with Gasteiger partial charge in [-0.25, -0.2) is 0 Å². The van der Waals surface area contributed by atoms with Crippen molar-refractivity contribution in [2.45, 2.75) is 24.8 Å². The molecule has 9 nitrogen and oxygen atoms in total. The van der Waals surface area contributed by atoms with Gasteiger partial charge in [0.15, 0.2) is 0 Å². The van der Waals surface area contributed by atoms with Crippen molar-refractivity contribution < 1.29 is 29.7 Å². The Balaban J connectivity index is 2.11. The van der Waals surface area contributed by atoms with Gasteiger partial charge in [0.1, 0.15) is 11.8 Å². The largest absolute Gasteiger partial charge is 0.507 e. The molecule has 2 aliphatic rings. The van der Waals surface area contributed by atoms with E-state index < -0.39 is 35.4 Å². The van der Waals surface area contributed by atoms with Gasteiger partial charge in [0.2, 0.25) is 11.8 Å². The number of hydrogen-bond donors (Lipinski definition) is 5. The number of hydrogen-bond acceptors (Lipinski definition) is 7. The van der Waals surface area contributed by atoms with Crippen LogP contribution in [0.2, 0.25) is 0 Å². The van der Waals surface area contributed by atoms with Crippen molar-refractivity contribution in [2.24, 2.45) is 0 Å². The van der Waals surface area contributed by atoms with E-state index in [-0.39, 0.29) is 29.7 Å². The first-order chi connectivity index (χ1) is 10.2. The van der Waals surface area contributed by atoms with E-state index in [4.69, 9.17) is 5.73 Å². The number of aromatic hydroxyl groups is 1. The van der Waals surface area contributed by atoms with Crippen LogP contribution in [0.25, 0.3) is 0 Å². The number of imide groups is 1. The monoisotopic (exact) mass is 307 g/mol. The zero-order valence-corrected chi connectivity index (χ0v) is 11.2. The number of piperidine rings is 1. The Morgan fingerprint density at radius 1 is 1.27 bits per heavy atom. The van der Waals surface area contributed by atoms with E-state index in [2.05, 4.69) is 0 Å². The zero-order chi connectivity index (χ0) is 16.2. The molecule has 0 radical (unpaired) electrons. The van der Waals surface area contributed by atoms with Gasteiger partial charge in [-0.1, -0.05) is 0 Å². The highest BCUT2D eigenvalue weighted by Gasteiger charge is 2.55. The van der Waals surface area contributed by atoms with Gasteiger partial charge >= 0.3 is 0 Å². The van der Waals surface area contributed by atoms with Crippen molar-refractivity contribution in [1.29, 1.82) is 0 Å². The van der Waals surface area contributed by atoms with Crippen molar-refractivity contribution in [3.05, 3.63) is 23.3 Å². The molecule has 1 saturated heterocycles. The Kier molecular flexibility index (Phi) is 2.87. The number of carbonyl (C=O) groups excluding carboxylic acids is 3. The summed E-state index contributed by atoms with van der Waals surface area (Å²) in [4.78, 5) is 36.0. The van der Waals surface area contributed by atoms with Crippen LogP contribution in [0.3, 0.4) is 0 Å². The Morgan fingerprint density at radius 3 is 2.55 bits per heavy atom. The fourth-order valence-electron chi connectivity index (χ4n) is 2.86. The van der Waals surface area contributed by atoms with E-state index in [1.54, 1.807) is 0 Å². The van der Waals surface area contributed by atoms with Crippen molar-refractivity contribution >= 4 is 23.4 Å². The Bertz CT molecular complexity index is 714. The summed E-state index contributed by atoms with van der Waals surface area (Å²) in [6, 6.07) is 1.11. The van der Waals surface area contributed by atoms with E-state index in [1.807, 2.05) is 5.32 Å². The van der Waals surface area contributed by atoms with Crippen LogP contribution in [0.4, 0.5) is 5.69 Å². The summed E-state index contributed by atoms with van der Waals surface area (Å²) in [5.74, 6) is -5.59.